The van der Waals surface area contributed by atoms with Gasteiger partial charge in [0, 0.05) is 36.1 Å². The molecule has 3 rings (SSSR count). The van der Waals surface area contributed by atoms with E-state index in [2.05, 4.69) is 28.2 Å². The molecule has 1 fully saturated rings. The van der Waals surface area contributed by atoms with Gasteiger partial charge in [0.2, 0.25) is 0 Å². The van der Waals surface area contributed by atoms with E-state index in [1.54, 1.807) is 0 Å². The van der Waals surface area contributed by atoms with Crippen molar-refractivity contribution in [1.82, 2.24) is 10.3 Å². The minimum Gasteiger partial charge on any atom is -0.444 e. The number of rotatable bonds is 2. The van der Waals surface area contributed by atoms with Gasteiger partial charge >= 0.3 is 6.09 Å². The van der Waals surface area contributed by atoms with Crippen molar-refractivity contribution in [2.24, 2.45) is 4.99 Å². The van der Waals surface area contributed by atoms with Crippen molar-refractivity contribution < 1.29 is 9.53 Å². The van der Waals surface area contributed by atoms with E-state index in [1.165, 1.54) is 5.56 Å². The molecule has 0 spiro atoms. The topological polar surface area (TPSA) is 66.8 Å². The number of aliphatic imine (C=N–C) groups is 1. The molecule has 1 aromatic rings. The van der Waals surface area contributed by atoms with Gasteiger partial charge in [0.15, 0.2) is 0 Å². The van der Waals surface area contributed by atoms with Crippen molar-refractivity contribution >= 4 is 18.1 Å². The fraction of sp³-hybridized carbons (Fsp3) is 0.632. The SMILES string of the molecule is Cc1cc2c(c(N3CCC(C)(NC(=O)OC(C)(C)C)CC3)n1)C=NC2. The molecule has 6 nitrogen and oxygen atoms in total. The van der Waals surface area contributed by atoms with Gasteiger partial charge in [0.05, 0.1) is 6.54 Å². The molecule has 1 saturated heterocycles. The first-order valence-electron chi connectivity index (χ1n) is 8.92. The Morgan fingerprint density at radius 1 is 1.32 bits per heavy atom. The lowest BCUT2D eigenvalue weighted by molar-refractivity contribution is 0.0448. The van der Waals surface area contributed by atoms with Crippen LogP contribution >= 0.6 is 0 Å². The molecule has 1 aromatic heterocycles. The van der Waals surface area contributed by atoms with Crippen LogP contribution in [0.5, 0.6) is 0 Å². The Balaban J connectivity index is 1.66. The molecule has 0 radical (unpaired) electrons. The van der Waals surface area contributed by atoms with Crippen molar-refractivity contribution in [2.75, 3.05) is 18.0 Å². The highest BCUT2D eigenvalue weighted by molar-refractivity contribution is 5.91. The molecule has 0 aromatic carbocycles. The largest absolute Gasteiger partial charge is 0.444 e. The van der Waals surface area contributed by atoms with E-state index in [1.807, 2.05) is 33.9 Å². The van der Waals surface area contributed by atoms with Crippen LogP contribution in [0.15, 0.2) is 11.1 Å². The van der Waals surface area contributed by atoms with Gasteiger partial charge in [-0.05, 0) is 59.1 Å². The number of aromatic nitrogens is 1. The number of piperidine rings is 1. The summed E-state index contributed by atoms with van der Waals surface area (Å²) >= 11 is 0. The normalized spacial score (nSPS) is 18.8. The Morgan fingerprint density at radius 3 is 2.64 bits per heavy atom. The van der Waals surface area contributed by atoms with Gasteiger partial charge in [-0.1, -0.05) is 0 Å². The number of fused-ring (bicyclic) bond motifs is 1. The molecule has 0 saturated carbocycles. The maximum atomic E-state index is 12.1. The number of nitrogens with zero attached hydrogens (tertiary/aromatic N) is 3. The summed E-state index contributed by atoms with van der Waals surface area (Å²) in [7, 11) is 0. The zero-order valence-electron chi connectivity index (χ0n) is 15.8. The van der Waals surface area contributed by atoms with E-state index in [0.29, 0.717) is 0 Å². The number of ether oxygens (including phenoxy) is 1. The zero-order valence-corrected chi connectivity index (χ0v) is 15.8. The van der Waals surface area contributed by atoms with E-state index < -0.39 is 5.60 Å². The van der Waals surface area contributed by atoms with Crippen LogP contribution in [0, 0.1) is 6.92 Å². The summed E-state index contributed by atoms with van der Waals surface area (Å²) in [6, 6.07) is 2.12. The Hall–Kier alpha value is -2.11. The van der Waals surface area contributed by atoms with Crippen molar-refractivity contribution in [1.29, 1.82) is 0 Å². The van der Waals surface area contributed by atoms with Gasteiger partial charge in [-0.3, -0.25) is 4.99 Å². The molecule has 0 aliphatic carbocycles. The Bertz CT molecular complexity index is 698. The molecule has 0 bridgehead atoms. The maximum Gasteiger partial charge on any atom is 0.408 e. The second-order valence-corrected chi connectivity index (χ2v) is 8.30. The second kappa shape index (κ2) is 6.32. The predicted octanol–water partition coefficient (Wildman–Crippen LogP) is 3.21. The number of carbonyl (C=O) groups is 1. The molecular formula is C19H28N4O2. The first kappa shape index (κ1) is 17.7. The van der Waals surface area contributed by atoms with E-state index in [-0.39, 0.29) is 11.6 Å². The minimum absolute atomic E-state index is 0.250. The van der Waals surface area contributed by atoms with Crippen LogP contribution in [-0.4, -0.2) is 41.5 Å². The Kier molecular flexibility index (Phi) is 4.47. The van der Waals surface area contributed by atoms with E-state index >= 15 is 0 Å². The van der Waals surface area contributed by atoms with Crippen molar-refractivity contribution in [3.63, 3.8) is 0 Å². The summed E-state index contributed by atoms with van der Waals surface area (Å²) in [4.78, 5) is 23.5. The molecule has 6 heteroatoms. The fourth-order valence-corrected chi connectivity index (χ4v) is 3.37. The van der Waals surface area contributed by atoms with E-state index in [9.17, 15) is 4.79 Å². The number of aryl methyl sites for hydroxylation is 1. The summed E-state index contributed by atoms with van der Waals surface area (Å²) in [6.45, 7) is 12.2. The number of nitrogens with one attached hydrogen (secondary N) is 1. The molecule has 2 aliphatic heterocycles. The molecule has 0 unspecified atom stereocenters. The predicted molar refractivity (Wildman–Crippen MR) is 99.5 cm³/mol. The van der Waals surface area contributed by atoms with E-state index in [4.69, 9.17) is 9.72 Å². The van der Waals surface area contributed by atoms with Gasteiger partial charge in [-0.2, -0.15) is 0 Å². The molecule has 3 heterocycles. The van der Waals surface area contributed by atoms with Crippen LogP contribution in [-0.2, 0) is 11.3 Å². The van der Waals surface area contributed by atoms with Crippen molar-refractivity contribution in [3.05, 3.63) is 22.9 Å². The molecule has 25 heavy (non-hydrogen) atoms. The lowest BCUT2D eigenvalue weighted by atomic mass is 9.89. The standard InChI is InChI=1S/C19H28N4O2/c1-13-10-14-11-20-12-15(14)16(21-13)23-8-6-19(5,7-9-23)22-17(24)25-18(2,3)4/h10,12H,6-9,11H2,1-5H3,(H,22,24). The molecule has 2 aliphatic rings. The molecule has 0 atom stereocenters. The monoisotopic (exact) mass is 344 g/mol. The summed E-state index contributed by atoms with van der Waals surface area (Å²) in [5.74, 6) is 1.02. The quantitative estimate of drug-likeness (QED) is 0.894. The smallest absolute Gasteiger partial charge is 0.408 e. The number of amides is 1. The summed E-state index contributed by atoms with van der Waals surface area (Å²) < 4.78 is 5.40. The molecular weight excluding hydrogens is 316 g/mol. The number of hydrogen-bond donors (Lipinski definition) is 1. The van der Waals surface area contributed by atoms with Crippen LogP contribution < -0.4 is 10.2 Å². The maximum absolute atomic E-state index is 12.1. The molecule has 1 N–H and O–H groups in total. The highest BCUT2D eigenvalue weighted by atomic mass is 16.6. The number of anilines is 1. The first-order chi connectivity index (χ1) is 11.7. The lowest BCUT2D eigenvalue weighted by Crippen LogP contribution is -2.54. The Labute approximate surface area is 149 Å². The third kappa shape index (κ3) is 4.11. The molecule has 1 amide bonds. The van der Waals surface area contributed by atoms with Gasteiger partial charge in [0.1, 0.15) is 11.4 Å². The minimum atomic E-state index is -0.480. The highest BCUT2D eigenvalue weighted by Gasteiger charge is 2.34. The number of alkyl carbamates (subject to hydrolysis) is 1. The van der Waals surface area contributed by atoms with Gasteiger partial charge in [-0.15, -0.1) is 0 Å². The first-order valence-corrected chi connectivity index (χ1v) is 8.92. The third-order valence-corrected chi connectivity index (χ3v) is 4.70. The number of pyridine rings is 1. The molecule has 136 valence electrons. The summed E-state index contributed by atoms with van der Waals surface area (Å²) in [6.07, 6.45) is 3.30. The fourth-order valence-electron chi connectivity index (χ4n) is 3.37. The van der Waals surface area contributed by atoms with Crippen molar-refractivity contribution in [2.45, 2.75) is 65.1 Å². The van der Waals surface area contributed by atoms with Crippen LogP contribution in [0.1, 0.15) is 57.4 Å². The van der Waals surface area contributed by atoms with Gasteiger partial charge in [0.25, 0.3) is 0 Å². The van der Waals surface area contributed by atoms with Crippen LogP contribution in [0.3, 0.4) is 0 Å². The van der Waals surface area contributed by atoms with Crippen LogP contribution in [0.4, 0.5) is 10.6 Å². The van der Waals surface area contributed by atoms with E-state index in [0.717, 1.165) is 49.6 Å². The van der Waals surface area contributed by atoms with Crippen LogP contribution in [0.25, 0.3) is 0 Å². The Morgan fingerprint density at radius 2 is 2.00 bits per heavy atom. The highest BCUT2D eigenvalue weighted by Crippen LogP contribution is 2.30. The van der Waals surface area contributed by atoms with Crippen molar-refractivity contribution in [3.8, 4) is 0 Å². The zero-order chi connectivity index (χ0) is 18.2. The summed E-state index contributed by atoms with van der Waals surface area (Å²) in [5.41, 5.74) is 2.70. The summed E-state index contributed by atoms with van der Waals surface area (Å²) in [5, 5.41) is 3.05. The second-order valence-electron chi connectivity index (χ2n) is 8.30. The average Bonchev–Trinajstić information content (AvgIpc) is 2.92. The average molecular weight is 344 g/mol. The third-order valence-electron chi connectivity index (χ3n) is 4.70. The van der Waals surface area contributed by atoms with Gasteiger partial charge < -0.3 is 15.0 Å². The van der Waals surface area contributed by atoms with Crippen LogP contribution in [0.2, 0.25) is 0 Å². The number of hydrogen-bond acceptors (Lipinski definition) is 5. The lowest BCUT2D eigenvalue weighted by Gasteiger charge is -2.41. The number of carbonyl (C=O) groups excluding carboxylic acids is 1. The van der Waals surface area contributed by atoms with Gasteiger partial charge in [-0.25, -0.2) is 9.78 Å².